The average Bonchev–Trinajstić information content (AvgIpc) is 3.38. The minimum absolute atomic E-state index is 0.180. The fourth-order valence-corrected chi connectivity index (χ4v) is 3.77. The summed E-state index contributed by atoms with van der Waals surface area (Å²) >= 11 is 2.90. The van der Waals surface area contributed by atoms with Crippen molar-refractivity contribution in [3.8, 4) is 0 Å². The number of rotatable bonds is 7. The van der Waals surface area contributed by atoms with Crippen LogP contribution in [0.15, 0.2) is 59.3 Å². The van der Waals surface area contributed by atoms with Crippen LogP contribution >= 0.6 is 22.7 Å². The van der Waals surface area contributed by atoms with Crippen molar-refractivity contribution in [3.05, 3.63) is 74.6 Å². The molecule has 0 unspecified atom stereocenters. The number of nitrogens with two attached hydrogens (primary N) is 1. The van der Waals surface area contributed by atoms with Crippen molar-refractivity contribution < 1.29 is 19.1 Å². The molecule has 0 aliphatic heterocycles. The lowest BCUT2D eigenvalue weighted by Gasteiger charge is -2.10. The molecule has 2 amide bonds. The number of hydrogen-bond acceptors (Lipinski definition) is 6. The Balaban J connectivity index is 1.68. The second-order valence-corrected chi connectivity index (χ2v) is 7.51. The summed E-state index contributed by atoms with van der Waals surface area (Å²) in [5, 5.41) is 6.30. The van der Waals surface area contributed by atoms with Crippen LogP contribution in [0.1, 0.15) is 20.1 Å². The van der Waals surface area contributed by atoms with Gasteiger partial charge in [-0.05, 0) is 41.1 Å². The summed E-state index contributed by atoms with van der Waals surface area (Å²) in [7, 11) is 0. The molecular formula is C20H16N2O4S2. The highest BCUT2D eigenvalue weighted by atomic mass is 32.1. The molecule has 0 aliphatic rings. The second-order valence-electron chi connectivity index (χ2n) is 5.58. The van der Waals surface area contributed by atoms with E-state index >= 15 is 0 Å². The van der Waals surface area contributed by atoms with Crippen molar-refractivity contribution in [2.75, 3.05) is 11.9 Å². The monoisotopic (exact) mass is 412 g/mol. The SMILES string of the molecule is NC(=O)c1ccccc1NC(=O)COC(=O)/C(=C/c1cccs1)c1cccs1. The summed E-state index contributed by atoms with van der Waals surface area (Å²) in [6, 6.07) is 13.8. The first-order valence-electron chi connectivity index (χ1n) is 8.19. The standard InChI is InChI=1S/C20H16N2O4S2/c21-19(24)14-6-1-2-7-16(14)22-18(23)12-26-20(25)15(17-8-4-10-28-17)11-13-5-3-9-27-13/h1-11H,12H2,(H2,21,24)(H,22,23)/b15-11+. The fraction of sp³-hybridized carbons (Fsp3) is 0.0500. The van der Waals surface area contributed by atoms with Gasteiger partial charge < -0.3 is 15.8 Å². The predicted molar refractivity (Wildman–Crippen MR) is 111 cm³/mol. The van der Waals surface area contributed by atoms with Gasteiger partial charge in [-0.15, -0.1) is 22.7 Å². The molecule has 1 aromatic carbocycles. The first-order valence-corrected chi connectivity index (χ1v) is 9.95. The van der Waals surface area contributed by atoms with Gasteiger partial charge in [0.1, 0.15) is 0 Å². The van der Waals surface area contributed by atoms with Crippen molar-refractivity contribution in [2.24, 2.45) is 5.73 Å². The van der Waals surface area contributed by atoms with Gasteiger partial charge in [0.25, 0.3) is 11.8 Å². The van der Waals surface area contributed by atoms with Crippen molar-refractivity contribution in [1.82, 2.24) is 0 Å². The molecular weight excluding hydrogens is 396 g/mol. The van der Waals surface area contributed by atoms with E-state index in [-0.39, 0.29) is 11.3 Å². The number of benzene rings is 1. The van der Waals surface area contributed by atoms with Gasteiger partial charge in [-0.25, -0.2) is 4.79 Å². The lowest BCUT2D eigenvalue weighted by Crippen LogP contribution is -2.23. The lowest BCUT2D eigenvalue weighted by atomic mass is 10.1. The van der Waals surface area contributed by atoms with Crippen molar-refractivity contribution in [3.63, 3.8) is 0 Å². The Bertz CT molecular complexity index is 1010. The first kappa shape index (κ1) is 19.5. The maximum atomic E-state index is 12.6. The van der Waals surface area contributed by atoms with Gasteiger partial charge in [0, 0.05) is 9.75 Å². The van der Waals surface area contributed by atoms with Crippen LogP contribution in [0.25, 0.3) is 11.6 Å². The van der Waals surface area contributed by atoms with Crippen molar-refractivity contribution in [2.45, 2.75) is 0 Å². The van der Waals surface area contributed by atoms with E-state index in [9.17, 15) is 14.4 Å². The largest absolute Gasteiger partial charge is 0.452 e. The zero-order valence-corrected chi connectivity index (χ0v) is 16.2. The predicted octanol–water partition coefficient (Wildman–Crippen LogP) is 3.63. The molecule has 0 atom stereocenters. The zero-order valence-electron chi connectivity index (χ0n) is 14.6. The van der Waals surface area contributed by atoms with E-state index in [0.717, 1.165) is 9.75 Å². The van der Waals surface area contributed by atoms with E-state index < -0.39 is 24.4 Å². The number of thiophene rings is 2. The molecule has 0 saturated heterocycles. The first-order chi connectivity index (χ1) is 13.5. The molecule has 0 spiro atoms. The fourth-order valence-electron chi connectivity index (χ4n) is 2.38. The van der Waals surface area contributed by atoms with Gasteiger partial charge in [0.2, 0.25) is 0 Å². The Labute approximate surface area is 169 Å². The number of anilines is 1. The molecule has 0 radical (unpaired) electrons. The summed E-state index contributed by atoms with van der Waals surface area (Å²) in [4.78, 5) is 37.8. The molecule has 2 aromatic heterocycles. The highest BCUT2D eigenvalue weighted by Gasteiger charge is 2.17. The number of esters is 1. The van der Waals surface area contributed by atoms with Crippen molar-refractivity contribution in [1.29, 1.82) is 0 Å². The Hall–Kier alpha value is -3.23. The Morgan fingerprint density at radius 3 is 2.43 bits per heavy atom. The molecule has 8 heteroatoms. The maximum absolute atomic E-state index is 12.6. The van der Waals surface area contributed by atoms with Crippen LogP contribution in [0.2, 0.25) is 0 Å². The minimum Gasteiger partial charge on any atom is -0.452 e. The quantitative estimate of drug-likeness (QED) is 0.457. The summed E-state index contributed by atoms with van der Waals surface area (Å²) in [5.74, 6) is -1.83. The van der Waals surface area contributed by atoms with E-state index in [0.29, 0.717) is 5.57 Å². The van der Waals surface area contributed by atoms with Gasteiger partial charge in [-0.1, -0.05) is 24.3 Å². The molecule has 2 heterocycles. The molecule has 3 rings (SSSR count). The number of para-hydroxylation sites is 1. The average molecular weight is 412 g/mol. The Morgan fingerprint density at radius 2 is 1.75 bits per heavy atom. The van der Waals surface area contributed by atoms with Crippen LogP contribution in [-0.4, -0.2) is 24.4 Å². The van der Waals surface area contributed by atoms with Crippen LogP contribution < -0.4 is 11.1 Å². The van der Waals surface area contributed by atoms with Gasteiger partial charge in [-0.2, -0.15) is 0 Å². The topological polar surface area (TPSA) is 98.5 Å². The number of carbonyl (C=O) groups is 3. The molecule has 3 aromatic rings. The zero-order chi connectivity index (χ0) is 19.9. The van der Waals surface area contributed by atoms with Crippen LogP contribution in [0.5, 0.6) is 0 Å². The summed E-state index contributed by atoms with van der Waals surface area (Å²) in [6.45, 7) is -0.487. The summed E-state index contributed by atoms with van der Waals surface area (Å²) in [5.41, 5.74) is 6.11. The highest BCUT2D eigenvalue weighted by Crippen LogP contribution is 2.26. The number of nitrogens with one attached hydrogen (secondary N) is 1. The normalized spacial score (nSPS) is 11.1. The molecule has 142 valence electrons. The van der Waals surface area contributed by atoms with Gasteiger partial charge in [0.05, 0.1) is 16.8 Å². The molecule has 3 N–H and O–H groups in total. The Morgan fingerprint density at radius 1 is 1.00 bits per heavy atom. The summed E-state index contributed by atoms with van der Waals surface area (Å²) < 4.78 is 5.19. The van der Waals surface area contributed by atoms with Crippen LogP contribution in [-0.2, 0) is 14.3 Å². The number of ether oxygens (including phenoxy) is 1. The smallest absolute Gasteiger partial charge is 0.340 e. The second kappa shape index (κ2) is 9.12. The molecule has 0 bridgehead atoms. The number of primary amides is 1. The molecule has 6 nitrogen and oxygen atoms in total. The highest BCUT2D eigenvalue weighted by molar-refractivity contribution is 7.12. The third-order valence-electron chi connectivity index (χ3n) is 3.64. The third-order valence-corrected chi connectivity index (χ3v) is 5.36. The van der Waals surface area contributed by atoms with Crippen LogP contribution in [0.4, 0.5) is 5.69 Å². The van der Waals surface area contributed by atoms with Crippen molar-refractivity contribution >= 4 is 57.8 Å². The van der Waals surface area contributed by atoms with Gasteiger partial charge in [-0.3, -0.25) is 9.59 Å². The molecule has 0 aliphatic carbocycles. The van der Waals surface area contributed by atoms with E-state index in [1.54, 1.807) is 24.3 Å². The summed E-state index contributed by atoms with van der Waals surface area (Å²) in [6.07, 6.45) is 1.74. The van der Waals surface area contributed by atoms with Crippen LogP contribution in [0, 0.1) is 0 Å². The molecule has 28 heavy (non-hydrogen) atoms. The number of carbonyl (C=O) groups excluding carboxylic acids is 3. The van der Waals surface area contributed by atoms with E-state index in [1.807, 2.05) is 35.0 Å². The maximum Gasteiger partial charge on any atom is 0.340 e. The Kier molecular flexibility index (Phi) is 6.36. The lowest BCUT2D eigenvalue weighted by molar-refractivity contribution is -0.141. The third kappa shape index (κ3) is 4.93. The van der Waals surface area contributed by atoms with E-state index in [1.165, 1.54) is 28.7 Å². The van der Waals surface area contributed by atoms with E-state index in [2.05, 4.69) is 5.32 Å². The van der Waals surface area contributed by atoms with Gasteiger partial charge in [0.15, 0.2) is 6.61 Å². The number of amides is 2. The van der Waals surface area contributed by atoms with Crippen LogP contribution in [0.3, 0.4) is 0 Å². The minimum atomic E-state index is -0.660. The molecule has 0 fully saturated rings. The molecule has 0 saturated carbocycles. The van der Waals surface area contributed by atoms with E-state index in [4.69, 9.17) is 10.5 Å². The van der Waals surface area contributed by atoms with Gasteiger partial charge >= 0.3 is 5.97 Å². The number of hydrogen-bond donors (Lipinski definition) is 2.